The topological polar surface area (TPSA) is 61.8 Å². The van der Waals surface area contributed by atoms with Gasteiger partial charge in [0.15, 0.2) is 11.2 Å². The first kappa shape index (κ1) is 20.9. The average Bonchev–Trinajstić information content (AvgIpc) is 3.03. The molecule has 26 heavy (non-hydrogen) atoms. The molecule has 1 saturated heterocycles. The van der Waals surface area contributed by atoms with Gasteiger partial charge in [0, 0.05) is 27.1 Å². The van der Waals surface area contributed by atoms with Crippen molar-refractivity contribution in [3.63, 3.8) is 0 Å². The van der Waals surface area contributed by atoms with Crippen molar-refractivity contribution in [2.45, 2.75) is 45.6 Å². The summed E-state index contributed by atoms with van der Waals surface area (Å²) >= 11 is 0. The van der Waals surface area contributed by atoms with E-state index in [4.69, 9.17) is 0 Å². The van der Waals surface area contributed by atoms with Crippen molar-refractivity contribution in [3.05, 3.63) is 27.2 Å². The van der Waals surface area contributed by atoms with Crippen LogP contribution in [0.2, 0.25) is 0 Å². The smallest absolute Gasteiger partial charge is 0.332 e. The predicted molar refractivity (Wildman–Crippen MR) is 98.7 cm³/mol. The summed E-state index contributed by atoms with van der Waals surface area (Å²) in [7, 11) is 3.19. The van der Waals surface area contributed by atoms with E-state index < -0.39 is 0 Å². The number of fused-ring (bicyclic) bond motifs is 1. The fraction of sp³-hybridized carbons (Fsp3) is 0.722. The van der Waals surface area contributed by atoms with E-state index in [-0.39, 0.29) is 28.2 Å². The van der Waals surface area contributed by atoms with Gasteiger partial charge in [0.2, 0.25) is 0 Å². The maximum atomic E-state index is 12.5. The lowest BCUT2D eigenvalue weighted by molar-refractivity contribution is -0.932. The third-order valence-corrected chi connectivity index (χ3v) is 5.71. The van der Waals surface area contributed by atoms with Crippen molar-refractivity contribution in [2.75, 3.05) is 26.2 Å². The Morgan fingerprint density at radius 1 is 1.08 bits per heavy atom. The molecule has 7 nitrogen and oxygen atoms in total. The van der Waals surface area contributed by atoms with Crippen molar-refractivity contribution in [2.24, 2.45) is 14.1 Å². The molecule has 1 fully saturated rings. The third kappa shape index (κ3) is 3.81. The first-order valence-electron chi connectivity index (χ1n) is 9.45. The SMILES string of the molecule is CCC[N+]1(CCCn2cnc3c2c(=O)n(C)c(=O)n3C)CCCCC1.[Br-]. The lowest BCUT2D eigenvalue weighted by atomic mass is 10.1. The Balaban J connectivity index is 0.00000243. The molecular weight excluding hydrogens is 398 g/mol. The molecule has 1 aliphatic heterocycles. The molecule has 0 saturated carbocycles. The summed E-state index contributed by atoms with van der Waals surface area (Å²) in [6.45, 7) is 8.01. The number of aryl methyl sites for hydroxylation is 2. The fourth-order valence-electron chi connectivity index (χ4n) is 4.36. The number of halogens is 1. The van der Waals surface area contributed by atoms with Crippen LogP contribution in [0.5, 0.6) is 0 Å². The number of imidazole rings is 1. The van der Waals surface area contributed by atoms with E-state index in [0.717, 1.165) is 24.1 Å². The quantitative estimate of drug-likeness (QED) is 0.513. The number of hydrogen-bond donors (Lipinski definition) is 0. The minimum absolute atomic E-state index is 0. The van der Waals surface area contributed by atoms with E-state index in [1.54, 1.807) is 13.4 Å². The molecular formula is C18H30BrN5O2. The third-order valence-electron chi connectivity index (χ3n) is 5.71. The van der Waals surface area contributed by atoms with E-state index in [1.807, 2.05) is 4.57 Å². The number of piperidine rings is 1. The summed E-state index contributed by atoms with van der Waals surface area (Å²) in [5, 5.41) is 0. The highest BCUT2D eigenvalue weighted by Crippen LogP contribution is 2.20. The standard InChI is InChI=1S/C18H30N5O2.BrH/c1-4-10-23(11-6-5-7-12-23)13-8-9-22-14-19-16-15(22)17(24)21(3)18(25)20(16)2;/h14H,4-13H2,1-3H3;1H/q+1;/p-1. The van der Waals surface area contributed by atoms with Gasteiger partial charge in [0.1, 0.15) is 0 Å². The predicted octanol–water partition coefficient (Wildman–Crippen LogP) is -1.76. The molecule has 0 unspecified atom stereocenters. The van der Waals surface area contributed by atoms with Crippen LogP contribution >= 0.6 is 0 Å². The molecule has 3 rings (SSSR count). The molecule has 0 amide bonds. The molecule has 8 heteroatoms. The van der Waals surface area contributed by atoms with Crippen LogP contribution in [0.25, 0.3) is 11.2 Å². The Bertz CT molecular complexity index is 855. The van der Waals surface area contributed by atoms with Gasteiger partial charge in [-0.2, -0.15) is 0 Å². The van der Waals surface area contributed by atoms with Crippen molar-refractivity contribution in [1.82, 2.24) is 18.7 Å². The zero-order valence-electron chi connectivity index (χ0n) is 16.1. The normalized spacial score (nSPS) is 16.6. The Morgan fingerprint density at radius 2 is 1.77 bits per heavy atom. The number of aromatic nitrogens is 4. The minimum atomic E-state index is -0.330. The summed E-state index contributed by atoms with van der Waals surface area (Å²) in [5.74, 6) is 0. The van der Waals surface area contributed by atoms with Crippen LogP contribution in [0.15, 0.2) is 15.9 Å². The Labute approximate surface area is 164 Å². The molecule has 1 aliphatic rings. The first-order valence-corrected chi connectivity index (χ1v) is 9.45. The van der Waals surface area contributed by atoms with E-state index in [0.29, 0.717) is 11.2 Å². The fourth-order valence-corrected chi connectivity index (χ4v) is 4.36. The number of hydrogen-bond acceptors (Lipinski definition) is 3. The Hall–Kier alpha value is -1.41. The average molecular weight is 428 g/mol. The minimum Gasteiger partial charge on any atom is -1.00 e. The van der Waals surface area contributed by atoms with Gasteiger partial charge >= 0.3 is 5.69 Å². The van der Waals surface area contributed by atoms with Gasteiger partial charge in [-0.25, -0.2) is 9.78 Å². The van der Waals surface area contributed by atoms with E-state index in [1.165, 1.54) is 61.4 Å². The molecule has 2 aromatic rings. The number of likely N-dealkylation sites (tertiary alicyclic amines) is 1. The van der Waals surface area contributed by atoms with Crippen molar-refractivity contribution < 1.29 is 21.5 Å². The van der Waals surface area contributed by atoms with Crippen LogP contribution in [0.4, 0.5) is 0 Å². The molecule has 0 aliphatic carbocycles. The second-order valence-electron chi connectivity index (χ2n) is 7.47. The molecule has 0 radical (unpaired) electrons. The largest absolute Gasteiger partial charge is 1.00 e. The molecule has 0 bridgehead atoms. The Kier molecular flexibility index (Phi) is 6.85. The summed E-state index contributed by atoms with van der Waals surface area (Å²) in [4.78, 5) is 28.8. The van der Waals surface area contributed by atoms with Crippen LogP contribution in [0, 0.1) is 0 Å². The van der Waals surface area contributed by atoms with Gasteiger partial charge in [0.25, 0.3) is 5.56 Å². The van der Waals surface area contributed by atoms with E-state index in [9.17, 15) is 9.59 Å². The van der Waals surface area contributed by atoms with Gasteiger partial charge in [-0.05, 0) is 25.7 Å². The summed E-state index contributed by atoms with van der Waals surface area (Å²) in [6, 6.07) is 0. The molecule has 0 aromatic carbocycles. The van der Waals surface area contributed by atoms with Crippen LogP contribution in [-0.2, 0) is 20.6 Å². The van der Waals surface area contributed by atoms with Crippen LogP contribution in [0.1, 0.15) is 39.0 Å². The van der Waals surface area contributed by atoms with Crippen LogP contribution in [-0.4, -0.2) is 49.3 Å². The van der Waals surface area contributed by atoms with Gasteiger partial charge in [-0.15, -0.1) is 0 Å². The summed E-state index contributed by atoms with van der Waals surface area (Å²) < 4.78 is 5.75. The second kappa shape index (κ2) is 8.52. The van der Waals surface area contributed by atoms with E-state index in [2.05, 4.69) is 11.9 Å². The molecule has 0 N–H and O–H groups in total. The molecule has 146 valence electrons. The van der Waals surface area contributed by atoms with Crippen LogP contribution < -0.4 is 28.2 Å². The van der Waals surface area contributed by atoms with Gasteiger partial charge < -0.3 is 26.0 Å². The van der Waals surface area contributed by atoms with Crippen molar-refractivity contribution in [1.29, 1.82) is 0 Å². The van der Waals surface area contributed by atoms with Crippen molar-refractivity contribution >= 4 is 11.2 Å². The monoisotopic (exact) mass is 427 g/mol. The zero-order valence-corrected chi connectivity index (χ0v) is 17.7. The number of quaternary nitrogens is 1. The maximum absolute atomic E-state index is 12.5. The lowest BCUT2D eigenvalue weighted by Gasteiger charge is -2.41. The highest BCUT2D eigenvalue weighted by Gasteiger charge is 2.28. The van der Waals surface area contributed by atoms with Crippen molar-refractivity contribution in [3.8, 4) is 0 Å². The highest BCUT2D eigenvalue weighted by atomic mass is 79.9. The zero-order chi connectivity index (χ0) is 18.0. The van der Waals surface area contributed by atoms with Crippen LogP contribution in [0.3, 0.4) is 0 Å². The molecule has 2 aromatic heterocycles. The van der Waals surface area contributed by atoms with Gasteiger partial charge in [-0.3, -0.25) is 13.9 Å². The second-order valence-corrected chi connectivity index (χ2v) is 7.47. The Morgan fingerprint density at radius 3 is 2.42 bits per heavy atom. The lowest BCUT2D eigenvalue weighted by Crippen LogP contribution is -3.00. The molecule has 3 heterocycles. The first-order chi connectivity index (χ1) is 12.0. The summed E-state index contributed by atoms with van der Waals surface area (Å²) in [5.41, 5.74) is 0.420. The maximum Gasteiger partial charge on any atom is 0.332 e. The van der Waals surface area contributed by atoms with Gasteiger partial charge in [-0.1, -0.05) is 6.92 Å². The summed E-state index contributed by atoms with van der Waals surface area (Å²) in [6.07, 6.45) is 7.97. The molecule has 0 atom stereocenters. The number of rotatable bonds is 6. The van der Waals surface area contributed by atoms with E-state index >= 15 is 0 Å². The number of nitrogens with zero attached hydrogens (tertiary/aromatic N) is 5. The molecule has 0 spiro atoms. The highest BCUT2D eigenvalue weighted by molar-refractivity contribution is 5.69. The van der Waals surface area contributed by atoms with Gasteiger partial charge in [0.05, 0.1) is 32.5 Å².